The molecule has 0 spiro atoms. The van der Waals surface area contributed by atoms with Gasteiger partial charge < -0.3 is 11.1 Å². The van der Waals surface area contributed by atoms with Gasteiger partial charge in [-0.3, -0.25) is 0 Å². The Morgan fingerprint density at radius 2 is 2.00 bits per heavy atom. The van der Waals surface area contributed by atoms with E-state index in [4.69, 9.17) is 5.73 Å². The number of rotatable bonds is 3. The van der Waals surface area contributed by atoms with Gasteiger partial charge in [-0.05, 0) is 28.8 Å². The van der Waals surface area contributed by atoms with Gasteiger partial charge in [0.15, 0.2) is 0 Å². The summed E-state index contributed by atoms with van der Waals surface area (Å²) in [5.41, 5.74) is 5.52. The number of aromatic nitrogens is 2. The van der Waals surface area contributed by atoms with Gasteiger partial charge in [0, 0.05) is 12.1 Å². The van der Waals surface area contributed by atoms with E-state index in [9.17, 15) is 0 Å². The molecule has 1 atom stereocenters. The summed E-state index contributed by atoms with van der Waals surface area (Å²) in [6, 6.07) is 2.17. The van der Waals surface area contributed by atoms with Gasteiger partial charge in [-0.15, -0.1) is 0 Å². The molecule has 1 rings (SSSR count). The van der Waals surface area contributed by atoms with E-state index in [0.29, 0.717) is 16.6 Å². The van der Waals surface area contributed by atoms with Crippen molar-refractivity contribution in [2.75, 3.05) is 11.1 Å². The Labute approximate surface area is 92.5 Å². The number of nitrogen functional groups attached to an aromatic ring is 1. The summed E-state index contributed by atoms with van der Waals surface area (Å²) in [6.07, 6.45) is 0. The Balaban J connectivity index is 2.76. The Hall–Kier alpha value is -0.840. The summed E-state index contributed by atoms with van der Waals surface area (Å²) in [5, 5.41) is 3.26. The SMILES string of the molecule is CC(C)C(C)Nc1cc(Br)nc(N)n1. The molecule has 1 heterocycles. The number of nitrogens with one attached hydrogen (secondary N) is 1. The summed E-state index contributed by atoms with van der Waals surface area (Å²) in [4.78, 5) is 8.01. The van der Waals surface area contributed by atoms with E-state index in [1.807, 2.05) is 6.07 Å². The summed E-state index contributed by atoms with van der Waals surface area (Å²) in [5.74, 6) is 1.58. The first-order valence-corrected chi connectivity index (χ1v) is 5.35. The van der Waals surface area contributed by atoms with Crippen LogP contribution in [0.5, 0.6) is 0 Å². The van der Waals surface area contributed by atoms with Crippen LogP contribution in [0.15, 0.2) is 10.7 Å². The van der Waals surface area contributed by atoms with Gasteiger partial charge in [-0.2, -0.15) is 4.98 Å². The highest BCUT2D eigenvalue weighted by Crippen LogP contribution is 2.15. The van der Waals surface area contributed by atoms with Crippen molar-refractivity contribution in [2.45, 2.75) is 26.8 Å². The van der Waals surface area contributed by atoms with Gasteiger partial charge in [0.2, 0.25) is 5.95 Å². The van der Waals surface area contributed by atoms with Crippen LogP contribution in [0, 0.1) is 5.92 Å². The minimum atomic E-state index is 0.276. The van der Waals surface area contributed by atoms with Crippen LogP contribution in [0.3, 0.4) is 0 Å². The molecular formula is C9H15BrN4. The Morgan fingerprint density at radius 3 is 2.50 bits per heavy atom. The van der Waals surface area contributed by atoms with Crippen LogP contribution >= 0.6 is 15.9 Å². The molecule has 4 nitrogen and oxygen atoms in total. The van der Waals surface area contributed by atoms with E-state index in [1.54, 1.807) is 0 Å². The van der Waals surface area contributed by atoms with Gasteiger partial charge in [0.05, 0.1) is 0 Å². The first kappa shape index (κ1) is 11.2. The number of nitrogens with two attached hydrogens (primary N) is 1. The molecule has 0 fully saturated rings. The lowest BCUT2D eigenvalue weighted by atomic mass is 10.1. The van der Waals surface area contributed by atoms with E-state index >= 15 is 0 Å². The van der Waals surface area contributed by atoms with Crippen molar-refractivity contribution < 1.29 is 0 Å². The monoisotopic (exact) mass is 258 g/mol. The molecule has 1 aromatic heterocycles. The van der Waals surface area contributed by atoms with Crippen molar-refractivity contribution >= 4 is 27.7 Å². The molecule has 0 amide bonds. The lowest BCUT2D eigenvalue weighted by Crippen LogP contribution is -2.22. The maximum Gasteiger partial charge on any atom is 0.223 e. The van der Waals surface area contributed by atoms with Crippen molar-refractivity contribution in [1.82, 2.24) is 9.97 Å². The predicted octanol–water partition coefficient (Wildman–Crippen LogP) is 2.28. The zero-order valence-electron chi connectivity index (χ0n) is 8.58. The standard InChI is InChI=1S/C9H15BrN4/c1-5(2)6(3)12-8-4-7(10)13-9(11)14-8/h4-6H,1-3H3,(H3,11,12,13,14). The summed E-state index contributed by atoms with van der Waals surface area (Å²) in [6.45, 7) is 6.41. The quantitative estimate of drug-likeness (QED) is 0.817. The van der Waals surface area contributed by atoms with Crippen LogP contribution in [-0.4, -0.2) is 16.0 Å². The number of hydrogen-bond acceptors (Lipinski definition) is 4. The van der Waals surface area contributed by atoms with Crippen LogP contribution in [0.1, 0.15) is 20.8 Å². The summed E-state index contributed by atoms with van der Waals surface area (Å²) in [7, 11) is 0. The van der Waals surface area contributed by atoms with E-state index in [2.05, 4.69) is 52.0 Å². The van der Waals surface area contributed by atoms with Gasteiger partial charge in [0.1, 0.15) is 10.4 Å². The summed E-state index contributed by atoms with van der Waals surface area (Å²) >= 11 is 3.27. The molecule has 1 aromatic rings. The normalized spacial score (nSPS) is 12.9. The zero-order chi connectivity index (χ0) is 10.7. The fourth-order valence-electron chi connectivity index (χ4n) is 0.909. The largest absolute Gasteiger partial charge is 0.368 e. The highest BCUT2D eigenvalue weighted by atomic mass is 79.9. The van der Waals surface area contributed by atoms with Crippen LogP contribution in [0.4, 0.5) is 11.8 Å². The Morgan fingerprint density at radius 1 is 1.36 bits per heavy atom. The van der Waals surface area contributed by atoms with Crippen LogP contribution in [-0.2, 0) is 0 Å². The molecule has 14 heavy (non-hydrogen) atoms. The number of anilines is 2. The molecule has 1 unspecified atom stereocenters. The minimum absolute atomic E-state index is 0.276. The lowest BCUT2D eigenvalue weighted by molar-refractivity contribution is 0.558. The van der Waals surface area contributed by atoms with Crippen molar-refractivity contribution in [1.29, 1.82) is 0 Å². The van der Waals surface area contributed by atoms with Crippen LogP contribution in [0.25, 0.3) is 0 Å². The van der Waals surface area contributed by atoms with Crippen molar-refractivity contribution in [2.24, 2.45) is 5.92 Å². The van der Waals surface area contributed by atoms with E-state index in [1.165, 1.54) is 0 Å². The maximum atomic E-state index is 5.52. The maximum absolute atomic E-state index is 5.52. The topological polar surface area (TPSA) is 63.8 Å². The first-order chi connectivity index (χ1) is 6.49. The molecule has 0 radical (unpaired) electrons. The predicted molar refractivity (Wildman–Crippen MR) is 62.1 cm³/mol. The molecule has 0 aliphatic heterocycles. The highest BCUT2D eigenvalue weighted by Gasteiger charge is 2.08. The molecule has 0 aliphatic rings. The van der Waals surface area contributed by atoms with E-state index in [-0.39, 0.29) is 5.95 Å². The van der Waals surface area contributed by atoms with Crippen LogP contribution in [0.2, 0.25) is 0 Å². The molecule has 5 heteroatoms. The first-order valence-electron chi connectivity index (χ1n) is 4.55. The summed E-state index contributed by atoms with van der Waals surface area (Å²) < 4.78 is 0.698. The van der Waals surface area contributed by atoms with E-state index in [0.717, 1.165) is 5.82 Å². The molecule has 0 aromatic carbocycles. The van der Waals surface area contributed by atoms with Gasteiger partial charge in [0.25, 0.3) is 0 Å². The second-order valence-electron chi connectivity index (χ2n) is 3.61. The molecule has 0 saturated heterocycles. The average molecular weight is 259 g/mol. The molecular weight excluding hydrogens is 244 g/mol. The third-order valence-corrected chi connectivity index (χ3v) is 2.49. The molecule has 3 N–H and O–H groups in total. The molecule has 78 valence electrons. The van der Waals surface area contributed by atoms with E-state index < -0.39 is 0 Å². The number of hydrogen-bond donors (Lipinski definition) is 2. The second kappa shape index (κ2) is 4.59. The zero-order valence-corrected chi connectivity index (χ0v) is 10.2. The second-order valence-corrected chi connectivity index (χ2v) is 4.42. The highest BCUT2D eigenvalue weighted by molar-refractivity contribution is 9.10. The third kappa shape index (κ3) is 3.14. The van der Waals surface area contributed by atoms with Gasteiger partial charge in [-0.1, -0.05) is 13.8 Å². The molecule has 0 aliphatic carbocycles. The smallest absolute Gasteiger partial charge is 0.223 e. The third-order valence-electron chi connectivity index (χ3n) is 2.09. The fourth-order valence-corrected chi connectivity index (χ4v) is 1.31. The number of nitrogens with zero attached hydrogens (tertiary/aromatic N) is 2. The fraction of sp³-hybridized carbons (Fsp3) is 0.556. The Bertz CT molecular complexity index is 293. The van der Waals surface area contributed by atoms with Crippen LogP contribution < -0.4 is 11.1 Å². The lowest BCUT2D eigenvalue weighted by Gasteiger charge is -2.18. The Kier molecular flexibility index (Phi) is 3.69. The van der Waals surface area contributed by atoms with Crippen molar-refractivity contribution in [3.05, 3.63) is 10.7 Å². The molecule has 0 bridgehead atoms. The van der Waals surface area contributed by atoms with Gasteiger partial charge >= 0.3 is 0 Å². The van der Waals surface area contributed by atoms with Crippen molar-refractivity contribution in [3.8, 4) is 0 Å². The average Bonchev–Trinajstić information content (AvgIpc) is 2.01. The minimum Gasteiger partial charge on any atom is -0.368 e. The van der Waals surface area contributed by atoms with Gasteiger partial charge in [-0.25, -0.2) is 4.98 Å². The molecule has 0 saturated carbocycles. The van der Waals surface area contributed by atoms with Crippen molar-refractivity contribution in [3.63, 3.8) is 0 Å². The number of halogens is 1.